The number of nitrogens with zero attached hydrogens (tertiary/aromatic N) is 1. The van der Waals surface area contributed by atoms with Crippen LogP contribution in [0.15, 0.2) is 17.1 Å². The molecule has 1 saturated carbocycles. The van der Waals surface area contributed by atoms with Gasteiger partial charge in [-0.25, -0.2) is 5.10 Å². The van der Waals surface area contributed by atoms with Crippen molar-refractivity contribution >= 4 is 0 Å². The number of aromatic amines is 1. The summed E-state index contributed by atoms with van der Waals surface area (Å²) < 4.78 is 0. The van der Waals surface area contributed by atoms with Gasteiger partial charge in [-0.2, -0.15) is 5.10 Å². The average Bonchev–Trinajstić information content (AvgIpc) is 2.54. The van der Waals surface area contributed by atoms with E-state index in [0.29, 0.717) is 0 Å². The van der Waals surface area contributed by atoms with Crippen molar-refractivity contribution in [1.82, 2.24) is 10.2 Å². The zero-order chi connectivity index (χ0) is 9.31. The third-order valence-corrected chi connectivity index (χ3v) is 3.08. The Kier molecular flexibility index (Phi) is 1.94. The molecule has 1 N–H and O–H groups in total. The fraction of sp³-hybridized carbons (Fsp3) is 0.600. The van der Waals surface area contributed by atoms with Crippen LogP contribution in [0.2, 0.25) is 0 Å². The van der Waals surface area contributed by atoms with E-state index >= 15 is 0 Å². The molecule has 3 heteroatoms. The maximum absolute atomic E-state index is 11.5. The van der Waals surface area contributed by atoms with Crippen molar-refractivity contribution in [3.63, 3.8) is 0 Å². The van der Waals surface area contributed by atoms with E-state index in [0.717, 1.165) is 18.4 Å². The van der Waals surface area contributed by atoms with E-state index < -0.39 is 0 Å². The van der Waals surface area contributed by atoms with Crippen molar-refractivity contribution in [2.45, 2.75) is 38.0 Å². The molecule has 1 heterocycles. The summed E-state index contributed by atoms with van der Waals surface area (Å²) in [7, 11) is 0. The minimum absolute atomic E-state index is 0.0214. The number of H-pyrrole nitrogens is 1. The van der Waals surface area contributed by atoms with Gasteiger partial charge < -0.3 is 0 Å². The van der Waals surface area contributed by atoms with Crippen LogP contribution in [0, 0.1) is 0 Å². The summed E-state index contributed by atoms with van der Waals surface area (Å²) in [6.45, 7) is 2.17. The largest absolute Gasteiger partial charge is 0.268 e. The lowest BCUT2D eigenvalue weighted by Gasteiger charge is -2.22. The second-order valence-electron chi connectivity index (χ2n) is 4.07. The lowest BCUT2D eigenvalue weighted by atomic mass is 9.82. The van der Waals surface area contributed by atoms with E-state index in [4.69, 9.17) is 0 Å². The van der Waals surface area contributed by atoms with Crippen LogP contribution in [0.1, 0.15) is 38.2 Å². The highest BCUT2D eigenvalue weighted by molar-refractivity contribution is 5.20. The number of hydrogen-bond acceptors (Lipinski definition) is 2. The first-order valence-electron chi connectivity index (χ1n) is 4.77. The van der Waals surface area contributed by atoms with E-state index in [-0.39, 0.29) is 11.0 Å². The van der Waals surface area contributed by atoms with E-state index in [2.05, 4.69) is 17.1 Å². The molecular weight excluding hydrogens is 164 g/mol. The van der Waals surface area contributed by atoms with Crippen molar-refractivity contribution in [3.05, 3.63) is 28.2 Å². The summed E-state index contributed by atoms with van der Waals surface area (Å²) in [5.74, 6) is 0. The summed E-state index contributed by atoms with van der Waals surface area (Å²) in [4.78, 5) is 11.5. The molecule has 1 aromatic heterocycles. The molecule has 3 nitrogen and oxygen atoms in total. The molecule has 0 saturated heterocycles. The monoisotopic (exact) mass is 178 g/mol. The molecule has 2 rings (SSSR count). The van der Waals surface area contributed by atoms with Crippen molar-refractivity contribution < 1.29 is 0 Å². The Hall–Kier alpha value is -1.12. The van der Waals surface area contributed by atoms with Gasteiger partial charge in [0, 0.05) is 11.8 Å². The van der Waals surface area contributed by atoms with Crippen LogP contribution in [0.5, 0.6) is 0 Å². The topological polar surface area (TPSA) is 45.8 Å². The molecule has 0 aliphatic heterocycles. The van der Waals surface area contributed by atoms with Gasteiger partial charge in [0.15, 0.2) is 0 Å². The number of nitrogens with one attached hydrogen (secondary N) is 1. The van der Waals surface area contributed by atoms with Crippen molar-refractivity contribution in [1.29, 1.82) is 0 Å². The number of rotatable bonds is 1. The standard InChI is InChI=1S/C10H14N2O/c1-10(5-2-3-6-10)8-4-7-11-12-9(8)13/h4,7H,2-3,5-6H2,1H3,(H,12,13). The Balaban J connectivity index is 2.45. The Bertz CT molecular complexity index is 350. The van der Waals surface area contributed by atoms with Gasteiger partial charge in [-0.05, 0) is 24.3 Å². The zero-order valence-corrected chi connectivity index (χ0v) is 7.84. The molecule has 0 spiro atoms. The Morgan fingerprint density at radius 3 is 2.77 bits per heavy atom. The minimum atomic E-state index is -0.0214. The molecule has 0 atom stereocenters. The smallest absolute Gasteiger partial charge is 0.267 e. The first-order valence-corrected chi connectivity index (χ1v) is 4.77. The van der Waals surface area contributed by atoms with Crippen molar-refractivity contribution in [2.24, 2.45) is 0 Å². The predicted molar refractivity (Wildman–Crippen MR) is 50.7 cm³/mol. The molecule has 0 unspecified atom stereocenters. The maximum Gasteiger partial charge on any atom is 0.267 e. The molecule has 0 bridgehead atoms. The van der Waals surface area contributed by atoms with Crippen LogP contribution in [0.25, 0.3) is 0 Å². The van der Waals surface area contributed by atoms with Gasteiger partial charge >= 0.3 is 0 Å². The minimum Gasteiger partial charge on any atom is -0.268 e. The number of hydrogen-bond donors (Lipinski definition) is 1. The van der Waals surface area contributed by atoms with Crippen LogP contribution in [0.4, 0.5) is 0 Å². The van der Waals surface area contributed by atoms with Crippen LogP contribution in [-0.2, 0) is 5.41 Å². The van der Waals surface area contributed by atoms with Gasteiger partial charge in [-0.1, -0.05) is 19.8 Å². The molecule has 13 heavy (non-hydrogen) atoms. The van der Waals surface area contributed by atoms with Crippen molar-refractivity contribution in [3.8, 4) is 0 Å². The van der Waals surface area contributed by atoms with E-state index in [9.17, 15) is 4.79 Å². The zero-order valence-electron chi connectivity index (χ0n) is 7.84. The highest BCUT2D eigenvalue weighted by Crippen LogP contribution is 2.38. The van der Waals surface area contributed by atoms with Gasteiger partial charge in [0.2, 0.25) is 0 Å². The lowest BCUT2D eigenvalue weighted by Crippen LogP contribution is -2.27. The number of aromatic nitrogens is 2. The summed E-state index contributed by atoms with van der Waals surface area (Å²) in [5.41, 5.74) is 0.975. The first kappa shape index (κ1) is 8.48. The van der Waals surface area contributed by atoms with Gasteiger partial charge in [0.1, 0.15) is 0 Å². The van der Waals surface area contributed by atoms with Crippen molar-refractivity contribution in [2.75, 3.05) is 0 Å². The lowest BCUT2D eigenvalue weighted by molar-refractivity contribution is 0.483. The second-order valence-corrected chi connectivity index (χ2v) is 4.07. The van der Waals surface area contributed by atoms with Gasteiger partial charge in [-0.15, -0.1) is 0 Å². The van der Waals surface area contributed by atoms with E-state index in [1.807, 2.05) is 6.07 Å². The molecule has 1 fully saturated rings. The molecular formula is C10H14N2O. The highest BCUT2D eigenvalue weighted by atomic mass is 16.1. The molecule has 70 valence electrons. The third-order valence-electron chi connectivity index (χ3n) is 3.08. The Morgan fingerprint density at radius 1 is 1.46 bits per heavy atom. The van der Waals surface area contributed by atoms with Gasteiger partial charge in [0.05, 0.1) is 0 Å². The Labute approximate surface area is 77.2 Å². The fourth-order valence-corrected chi connectivity index (χ4v) is 2.24. The summed E-state index contributed by atoms with van der Waals surface area (Å²) in [6.07, 6.45) is 6.39. The Morgan fingerprint density at radius 2 is 2.15 bits per heavy atom. The second kappa shape index (κ2) is 2.98. The molecule has 1 aliphatic carbocycles. The normalized spacial score (nSPS) is 20.4. The SMILES string of the molecule is CC1(c2ccn[nH]c2=O)CCCC1. The summed E-state index contributed by atoms with van der Waals surface area (Å²) >= 11 is 0. The van der Waals surface area contributed by atoms with E-state index in [1.54, 1.807) is 6.20 Å². The van der Waals surface area contributed by atoms with Crippen LogP contribution >= 0.6 is 0 Å². The van der Waals surface area contributed by atoms with Crippen LogP contribution in [0.3, 0.4) is 0 Å². The molecule has 1 aliphatic rings. The first-order chi connectivity index (χ1) is 6.22. The highest BCUT2D eigenvalue weighted by Gasteiger charge is 2.32. The van der Waals surface area contributed by atoms with E-state index in [1.165, 1.54) is 12.8 Å². The predicted octanol–water partition coefficient (Wildman–Crippen LogP) is 1.60. The quantitative estimate of drug-likeness (QED) is 0.710. The molecule has 1 aromatic rings. The van der Waals surface area contributed by atoms with Gasteiger partial charge in [0.25, 0.3) is 5.56 Å². The summed E-state index contributed by atoms with van der Waals surface area (Å²) in [6, 6.07) is 1.85. The molecule has 0 aromatic carbocycles. The van der Waals surface area contributed by atoms with Crippen LogP contribution < -0.4 is 5.56 Å². The fourth-order valence-electron chi connectivity index (χ4n) is 2.24. The van der Waals surface area contributed by atoms with Crippen LogP contribution in [-0.4, -0.2) is 10.2 Å². The third kappa shape index (κ3) is 1.39. The summed E-state index contributed by atoms with van der Waals surface area (Å²) in [5, 5.41) is 6.21. The molecule has 0 amide bonds. The maximum atomic E-state index is 11.5. The average molecular weight is 178 g/mol. The molecule has 0 radical (unpaired) electrons. The van der Waals surface area contributed by atoms with Gasteiger partial charge in [-0.3, -0.25) is 4.79 Å².